The predicted molar refractivity (Wildman–Crippen MR) is 203 cm³/mol. The molecule has 282 valence electrons. The summed E-state index contributed by atoms with van der Waals surface area (Å²) in [5.41, 5.74) is 0.840. The number of aliphatic hydroxyl groups is 1. The van der Waals surface area contributed by atoms with Crippen LogP contribution in [-0.4, -0.2) is 53.7 Å². The second-order valence-corrected chi connectivity index (χ2v) is 21.5. The molecule has 54 heavy (non-hydrogen) atoms. The maximum atomic E-state index is 16.0. The molecule has 0 unspecified atom stereocenters. The Morgan fingerprint density at radius 3 is 2.20 bits per heavy atom. The van der Waals surface area contributed by atoms with Crippen molar-refractivity contribution >= 4 is 19.9 Å². The molecule has 0 spiro atoms. The minimum atomic E-state index is -2.89. The van der Waals surface area contributed by atoms with Gasteiger partial charge in [-0.1, -0.05) is 81.4 Å². The van der Waals surface area contributed by atoms with Gasteiger partial charge < -0.3 is 23.5 Å². The van der Waals surface area contributed by atoms with E-state index in [0.29, 0.717) is 11.3 Å². The van der Waals surface area contributed by atoms with Crippen molar-refractivity contribution in [2.45, 2.75) is 89.9 Å². The second-order valence-electron chi connectivity index (χ2n) is 16.7. The zero-order chi connectivity index (χ0) is 38.2. The van der Waals surface area contributed by atoms with Gasteiger partial charge >= 0.3 is 0 Å². The Balaban J connectivity index is 1.30. The van der Waals surface area contributed by atoms with Crippen LogP contribution in [0.3, 0.4) is 0 Å². The van der Waals surface area contributed by atoms with Gasteiger partial charge in [0.15, 0.2) is 25.5 Å². The number of Topliss-reactive ketones (excluding diaryl/α,β-unsaturated/α-hetero) is 2. The van der Waals surface area contributed by atoms with Crippen molar-refractivity contribution in [2.75, 3.05) is 13.1 Å². The molecule has 3 aliphatic carbocycles. The first-order valence-corrected chi connectivity index (χ1v) is 21.8. The van der Waals surface area contributed by atoms with Crippen molar-refractivity contribution in [1.29, 1.82) is 0 Å². The molecule has 4 aliphatic rings. The van der Waals surface area contributed by atoms with E-state index in [9.17, 15) is 5.11 Å². The van der Waals surface area contributed by atoms with E-state index in [2.05, 4.69) is 30.8 Å². The van der Waals surface area contributed by atoms with E-state index < -0.39 is 54.9 Å². The molecule has 1 fully saturated rings. The van der Waals surface area contributed by atoms with Gasteiger partial charge in [-0.25, -0.2) is 4.39 Å². The third-order valence-electron chi connectivity index (χ3n) is 12.4. The Kier molecular flexibility index (Phi) is 8.97. The molecule has 4 atom stereocenters. The summed E-state index contributed by atoms with van der Waals surface area (Å²) in [5, 5.41) is 16.9. The molecule has 0 amide bonds. The largest absolute Gasteiger partial charge is 0.508 e. The number of carbonyl (C=O) groups is 2. The van der Waals surface area contributed by atoms with E-state index in [-0.39, 0.29) is 65.0 Å². The van der Waals surface area contributed by atoms with Crippen LogP contribution in [0.15, 0.2) is 82.6 Å². The van der Waals surface area contributed by atoms with Crippen LogP contribution in [0.2, 0.25) is 18.1 Å². The number of hydrogen-bond donors (Lipinski definition) is 1. The summed E-state index contributed by atoms with van der Waals surface area (Å²) in [4.78, 5) is 32.8. The van der Waals surface area contributed by atoms with Gasteiger partial charge in [0.25, 0.3) is 5.88 Å². The van der Waals surface area contributed by atoms with Crippen molar-refractivity contribution in [3.05, 3.63) is 123 Å². The number of likely N-dealkylation sites (tertiary alicyclic amines) is 1. The molecule has 3 aromatic carbocycles. The van der Waals surface area contributed by atoms with Crippen LogP contribution in [0.4, 0.5) is 4.39 Å². The summed E-state index contributed by atoms with van der Waals surface area (Å²) in [6.07, 6.45) is 1.38. The molecule has 2 heterocycles. The number of ketones is 2. The molecule has 1 saturated heterocycles. The highest BCUT2D eigenvalue weighted by molar-refractivity contribution is 6.74. The zero-order valence-electron chi connectivity index (χ0n) is 31.7. The van der Waals surface area contributed by atoms with Gasteiger partial charge in [-0.05, 0) is 78.1 Å². The first-order chi connectivity index (χ1) is 25.7. The van der Waals surface area contributed by atoms with Crippen LogP contribution >= 0.6 is 0 Å². The molecule has 4 aromatic rings. The third kappa shape index (κ3) is 5.74. The number of allylic oxidation sites excluding steroid dienone is 1. The van der Waals surface area contributed by atoms with Crippen LogP contribution in [0, 0.1) is 24.6 Å². The molecule has 11 heteroatoms. The molecule has 1 N–H and O–H groups in total. The van der Waals surface area contributed by atoms with Crippen LogP contribution in [-0.2, 0) is 24.1 Å². The van der Waals surface area contributed by atoms with Gasteiger partial charge in [0.2, 0.25) is 5.78 Å². The van der Waals surface area contributed by atoms with Crippen molar-refractivity contribution in [3.8, 4) is 11.6 Å². The molecule has 8 rings (SSSR count). The molecule has 1 aliphatic heterocycles. The van der Waals surface area contributed by atoms with Crippen LogP contribution in [0.5, 0.6) is 11.6 Å². The number of fused-ring (bicyclic) bond motifs is 4. The number of nitrogens with zero attached hydrogens (tertiary/aromatic N) is 2. The van der Waals surface area contributed by atoms with Gasteiger partial charge in [0.1, 0.15) is 36.1 Å². The molecular formula is C43H47FN2O7Si. The summed E-state index contributed by atoms with van der Waals surface area (Å²) in [6.45, 7) is 13.8. The number of benzene rings is 3. The lowest BCUT2D eigenvalue weighted by molar-refractivity contribution is -0.0676. The van der Waals surface area contributed by atoms with Gasteiger partial charge in [-0.2, -0.15) is 0 Å². The lowest BCUT2D eigenvalue weighted by Crippen LogP contribution is -2.66. The summed E-state index contributed by atoms with van der Waals surface area (Å²) in [7, 11) is -2.89. The fourth-order valence-electron chi connectivity index (χ4n) is 8.45. The normalized spacial score (nSPS) is 23.9. The lowest BCUT2D eigenvalue weighted by Gasteiger charge is -2.56. The summed E-state index contributed by atoms with van der Waals surface area (Å²) >= 11 is 0. The van der Waals surface area contributed by atoms with E-state index in [1.807, 2.05) is 73.8 Å². The molecule has 9 nitrogen and oxygen atoms in total. The number of carbonyl (C=O) groups excluding carboxylic acids is 2. The Morgan fingerprint density at radius 1 is 0.981 bits per heavy atom. The topological polar surface area (TPSA) is 111 Å². The average Bonchev–Trinajstić information content (AvgIpc) is 3.53. The third-order valence-corrected chi connectivity index (χ3v) is 16.8. The Hall–Kier alpha value is -4.58. The van der Waals surface area contributed by atoms with Crippen LogP contribution < -0.4 is 9.47 Å². The fraction of sp³-hybridized carbons (Fsp3) is 0.419. The SMILES string of the molecule is Cc1cc(F)c2c(c1OCc1ccccc1)C(=O)C1=C(O)[C@]3(O[Si](C)(C)C(C)(C)C)C(=O)c4c(OCc5ccccc5)noc4[C@@H](N4CCC4)[C@@H]3C[C@@H]1C2. The number of rotatable bonds is 9. The zero-order valence-corrected chi connectivity index (χ0v) is 32.7. The molecule has 1 aromatic heterocycles. The first kappa shape index (κ1) is 36.4. The van der Waals surface area contributed by atoms with E-state index in [1.165, 1.54) is 6.07 Å². The maximum Gasteiger partial charge on any atom is 0.265 e. The van der Waals surface area contributed by atoms with Crippen molar-refractivity contribution < 1.29 is 37.5 Å². The molecule has 0 bridgehead atoms. The Bertz CT molecular complexity index is 2160. The minimum absolute atomic E-state index is 0.0237. The Morgan fingerprint density at radius 2 is 1.61 bits per heavy atom. The summed E-state index contributed by atoms with van der Waals surface area (Å²) in [6, 6.07) is 20.0. The average molecular weight is 751 g/mol. The van der Waals surface area contributed by atoms with E-state index in [0.717, 1.165) is 30.6 Å². The number of aryl methyl sites for hydroxylation is 1. The van der Waals surface area contributed by atoms with Crippen molar-refractivity contribution in [3.63, 3.8) is 0 Å². The monoisotopic (exact) mass is 750 g/mol. The Labute approximate surface area is 316 Å². The van der Waals surface area contributed by atoms with Crippen molar-refractivity contribution in [2.24, 2.45) is 11.8 Å². The molecule has 0 saturated carbocycles. The number of hydrogen-bond acceptors (Lipinski definition) is 9. The standard InChI is InChI=1S/C43H47FN2O7Si/c1-25-20-31(44)29-21-28-22-30-35(46-18-13-19-46)38-34(41(45-52-38)51-24-27-16-11-8-12-17-27)40(49)43(30,53-54(5,6)42(2,3)4)39(48)32(28)36(47)33(29)37(25)50-23-26-14-9-7-10-15-26/h7-12,14-17,20,28,30,35,48H,13,18-19,21-24H2,1-6H3/t28-,30-,35-,43-/m0/s1. The summed E-state index contributed by atoms with van der Waals surface area (Å²) < 4.78 is 41.8. The number of ether oxygens (including phenoxy) is 2. The van der Waals surface area contributed by atoms with Crippen molar-refractivity contribution in [1.82, 2.24) is 10.1 Å². The summed E-state index contributed by atoms with van der Waals surface area (Å²) in [5.74, 6) is -2.56. The van der Waals surface area contributed by atoms with Gasteiger partial charge in [0.05, 0.1) is 11.6 Å². The van der Waals surface area contributed by atoms with Gasteiger partial charge in [0, 0.05) is 30.1 Å². The lowest BCUT2D eigenvalue weighted by atomic mass is 9.58. The number of aliphatic hydroxyl groups excluding tert-OH is 1. The smallest absolute Gasteiger partial charge is 0.265 e. The van der Waals surface area contributed by atoms with E-state index in [1.54, 1.807) is 6.92 Å². The number of halogens is 1. The van der Waals surface area contributed by atoms with Crippen LogP contribution in [0.1, 0.15) is 88.4 Å². The first-order valence-electron chi connectivity index (χ1n) is 18.8. The molecule has 0 radical (unpaired) electrons. The highest BCUT2D eigenvalue weighted by Crippen LogP contribution is 2.60. The van der Waals surface area contributed by atoms with Gasteiger partial charge in [-0.15, -0.1) is 0 Å². The highest BCUT2D eigenvalue weighted by Gasteiger charge is 2.68. The quantitative estimate of drug-likeness (QED) is 0.168. The predicted octanol–water partition coefficient (Wildman–Crippen LogP) is 8.87. The van der Waals surface area contributed by atoms with Gasteiger partial charge in [-0.3, -0.25) is 14.5 Å². The molecular weight excluding hydrogens is 704 g/mol. The number of aromatic nitrogens is 1. The fourth-order valence-corrected chi connectivity index (χ4v) is 9.91. The van der Waals surface area contributed by atoms with Crippen LogP contribution in [0.25, 0.3) is 0 Å². The maximum absolute atomic E-state index is 16.0. The van der Waals surface area contributed by atoms with E-state index in [4.69, 9.17) is 18.4 Å². The minimum Gasteiger partial charge on any atom is -0.508 e. The second kappa shape index (κ2) is 13.3. The van der Waals surface area contributed by atoms with E-state index >= 15 is 14.0 Å². The highest BCUT2D eigenvalue weighted by atomic mass is 28.4.